The van der Waals surface area contributed by atoms with Gasteiger partial charge in [0.2, 0.25) is 12.7 Å². The number of esters is 1. The van der Waals surface area contributed by atoms with Crippen molar-refractivity contribution >= 4 is 28.2 Å². The normalized spacial score (nSPS) is 26.8. The highest BCUT2D eigenvalue weighted by atomic mass is 32.1. The second-order valence-corrected chi connectivity index (χ2v) is 11.8. The minimum Gasteiger partial charge on any atom is -0.465 e. The molecule has 0 unspecified atom stereocenters. The van der Waals surface area contributed by atoms with Crippen LogP contribution in [0.1, 0.15) is 77.3 Å². The van der Waals surface area contributed by atoms with Gasteiger partial charge in [0.05, 0.1) is 24.8 Å². The van der Waals surface area contributed by atoms with Gasteiger partial charge in [-0.05, 0) is 68.2 Å². The summed E-state index contributed by atoms with van der Waals surface area (Å²) in [6, 6.07) is 5.84. The van der Waals surface area contributed by atoms with Crippen molar-refractivity contribution in [1.29, 1.82) is 0 Å². The van der Waals surface area contributed by atoms with E-state index in [4.69, 9.17) is 14.2 Å². The summed E-state index contributed by atoms with van der Waals surface area (Å²) in [6.45, 7) is 0.995. The Bertz CT molecular complexity index is 1210. The zero-order valence-electron chi connectivity index (χ0n) is 21.2. The molecule has 1 amide bonds. The largest absolute Gasteiger partial charge is 0.465 e. The van der Waals surface area contributed by atoms with Gasteiger partial charge in [-0.25, -0.2) is 4.79 Å². The maximum absolute atomic E-state index is 13.5. The number of carbonyl (C=O) groups excluding carboxylic acids is 2. The van der Waals surface area contributed by atoms with Crippen LogP contribution in [-0.2, 0) is 22.4 Å². The van der Waals surface area contributed by atoms with Crippen LogP contribution in [0.15, 0.2) is 18.2 Å². The standard InChI is InChI=1S/C28H34N2O6S/c1-34-27(32)24-18-6-2-3-8-22(18)37-26(24)29-23(31)15-30-13-12-28(33)11-5-4-7-19(28)25(30)17-9-10-20-21(14-17)36-16-35-20/h9-10,14,19,25,33H,2-8,11-13,15-16H2,1H3,(H,29,31)/t19-,25-,28-/m1/s1. The van der Waals surface area contributed by atoms with Crippen LogP contribution in [0.3, 0.4) is 0 Å². The smallest absolute Gasteiger partial charge is 0.341 e. The van der Waals surface area contributed by atoms with Crippen molar-refractivity contribution in [2.75, 3.05) is 32.3 Å². The molecule has 2 aliphatic carbocycles. The van der Waals surface area contributed by atoms with Crippen LogP contribution in [0, 0.1) is 5.92 Å². The summed E-state index contributed by atoms with van der Waals surface area (Å²) in [5, 5.41) is 15.2. The van der Waals surface area contributed by atoms with Gasteiger partial charge in [-0.3, -0.25) is 9.69 Å². The van der Waals surface area contributed by atoms with Gasteiger partial charge < -0.3 is 24.6 Å². The van der Waals surface area contributed by atoms with Crippen LogP contribution in [0.2, 0.25) is 0 Å². The Morgan fingerprint density at radius 3 is 2.86 bits per heavy atom. The van der Waals surface area contributed by atoms with E-state index in [-0.39, 0.29) is 31.2 Å². The van der Waals surface area contributed by atoms with E-state index in [0.29, 0.717) is 29.3 Å². The van der Waals surface area contributed by atoms with Gasteiger partial charge in [-0.15, -0.1) is 11.3 Å². The lowest BCUT2D eigenvalue weighted by molar-refractivity contribution is -0.135. The first-order valence-electron chi connectivity index (χ1n) is 13.4. The molecule has 2 fully saturated rings. The van der Waals surface area contributed by atoms with Gasteiger partial charge >= 0.3 is 5.97 Å². The number of aliphatic hydroxyl groups is 1. The Morgan fingerprint density at radius 1 is 1.16 bits per heavy atom. The van der Waals surface area contributed by atoms with Crippen molar-refractivity contribution in [3.8, 4) is 11.5 Å². The number of likely N-dealkylation sites (tertiary alicyclic amines) is 1. The molecular weight excluding hydrogens is 492 g/mol. The number of fused-ring (bicyclic) bond motifs is 3. The molecule has 2 N–H and O–H groups in total. The first-order valence-corrected chi connectivity index (χ1v) is 14.2. The summed E-state index contributed by atoms with van der Waals surface area (Å²) in [7, 11) is 1.38. The molecule has 2 aliphatic heterocycles. The molecule has 3 atom stereocenters. The Kier molecular flexibility index (Phi) is 6.63. The summed E-state index contributed by atoms with van der Waals surface area (Å²) >= 11 is 1.50. The molecule has 4 aliphatic rings. The lowest BCUT2D eigenvalue weighted by Gasteiger charge is -2.52. The molecule has 1 aromatic carbocycles. The van der Waals surface area contributed by atoms with E-state index < -0.39 is 11.6 Å². The number of benzene rings is 1. The highest BCUT2D eigenvalue weighted by Gasteiger charge is 2.49. The van der Waals surface area contributed by atoms with Gasteiger partial charge in [0, 0.05) is 23.4 Å². The van der Waals surface area contributed by atoms with Crippen LogP contribution < -0.4 is 14.8 Å². The van der Waals surface area contributed by atoms with Crippen molar-refractivity contribution in [3.63, 3.8) is 0 Å². The quantitative estimate of drug-likeness (QED) is 0.556. The molecule has 1 aromatic heterocycles. The van der Waals surface area contributed by atoms with E-state index in [1.807, 2.05) is 18.2 Å². The van der Waals surface area contributed by atoms with Crippen LogP contribution in [0.25, 0.3) is 0 Å². The summed E-state index contributed by atoms with van der Waals surface area (Å²) < 4.78 is 16.2. The Balaban J connectivity index is 1.27. The van der Waals surface area contributed by atoms with E-state index in [1.165, 1.54) is 23.3 Å². The van der Waals surface area contributed by atoms with E-state index in [1.54, 1.807) is 0 Å². The summed E-state index contributed by atoms with van der Waals surface area (Å²) in [4.78, 5) is 29.4. The fourth-order valence-electron chi connectivity index (χ4n) is 6.78. The molecule has 8 nitrogen and oxygen atoms in total. The van der Waals surface area contributed by atoms with Crippen LogP contribution >= 0.6 is 11.3 Å². The highest BCUT2D eigenvalue weighted by Crippen LogP contribution is 2.50. The van der Waals surface area contributed by atoms with Crippen LogP contribution in [-0.4, -0.2) is 54.5 Å². The van der Waals surface area contributed by atoms with E-state index in [9.17, 15) is 14.7 Å². The van der Waals surface area contributed by atoms with Crippen molar-refractivity contribution in [3.05, 3.63) is 39.8 Å². The third-order valence-corrected chi connectivity index (χ3v) is 9.78. The number of hydrogen-bond acceptors (Lipinski definition) is 8. The first-order chi connectivity index (χ1) is 18.0. The molecule has 198 valence electrons. The molecular formula is C28H34N2O6S. The minimum atomic E-state index is -0.725. The average Bonchev–Trinajstić information content (AvgIpc) is 3.51. The third-order valence-electron chi connectivity index (χ3n) is 8.57. The molecule has 6 rings (SSSR count). The van der Waals surface area contributed by atoms with Crippen molar-refractivity contribution in [2.45, 2.75) is 69.4 Å². The number of piperidine rings is 1. The van der Waals surface area contributed by atoms with E-state index in [0.717, 1.165) is 68.2 Å². The molecule has 1 saturated carbocycles. The molecule has 0 spiro atoms. The first kappa shape index (κ1) is 24.7. The van der Waals surface area contributed by atoms with Gasteiger partial charge in [-0.1, -0.05) is 18.9 Å². The highest BCUT2D eigenvalue weighted by molar-refractivity contribution is 7.17. The average molecular weight is 527 g/mol. The van der Waals surface area contributed by atoms with E-state index in [2.05, 4.69) is 10.2 Å². The van der Waals surface area contributed by atoms with Gasteiger partial charge in [0.1, 0.15) is 5.00 Å². The van der Waals surface area contributed by atoms with Crippen LogP contribution in [0.4, 0.5) is 5.00 Å². The number of nitrogens with one attached hydrogen (secondary N) is 1. The third kappa shape index (κ3) is 4.51. The molecule has 3 heterocycles. The molecule has 0 radical (unpaired) electrons. The maximum atomic E-state index is 13.5. The predicted molar refractivity (Wildman–Crippen MR) is 139 cm³/mol. The SMILES string of the molecule is COC(=O)c1c(NC(=O)CN2CC[C@]3(O)CCCC[C@@H]3[C@H]2c2ccc3c(c2)OCO3)sc2c1CCCC2. The fraction of sp³-hybridized carbons (Fsp3) is 0.571. The van der Waals surface area contributed by atoms with Gasteiger partial charge in [-0.2, -0.15) is 0 Å². The second kappa shape index (κ2) is 9.93. The Labute approximate surface area is 220 Å². The molecule has 9 heteroatoms. The summed E-state index contributed by atoms with van der Waals surface area (Å²) in [6.07, 6.45) is 8.35. The lowest BCUT2D eigenvalue weighted by atomic mass is 9.66. The number of anilines is 1. The molecule has 1 saturated heterocycles. The van der Waals surface area contributed by atoms with Crippen molar-refractivity contribution < 1.29 is 28.9 Å². The number of thiophene rings is 1. The van der Waals surface area contributed by atoms with Crippen molar-refractivity contribution in [1.82, 2.24) is 4.90 Å². The monoisotopic (exact) mass is 526 g/mol. The van der Waals surface area contributed by atoms with Crippen LogP contribution in [0.5, 0.6) is 11.5 Å². The Morgan fingerprint density at radius 2 is 2.00 bits per heavy atom. The second-order valence-electron chi connectivity index (χ2n) is 10.7. The molecule has 37 heavy (non-hydrogen) atoms. The number of aryl methyl sites for hydroxylation is 1. The number of methoxy groups -OCH3 is 1. The number of nitrogens with zero attached hydrogens (tertiary/aromatic N) is 1. The number of amides is 1. The molecule has 0 bridgehead atoms. The maximum Gasteiger partial charge on any atom is 0.341 e. The van der Waals surface area contributed by atoms with E-state index >= 15 is 0 Å². The van der Waals surface area contributed by atoms with Crippen molar-refractivity contribution in [2.24, 2.45) is 5.92 Å². The zero-order valence-corrected chi connectivity index (χ0v) is 22.0. The Hall–Kier alpha value is -2.62. The number of ether oxygens (including phenoxy) is 3. The van der Waals surface area contributed by atoms with Gasteiger partial charge in [0.25, 0.3) is 0 Å². The zero-order chi connectivity index (χ0) is 25.6. The summed E-state index contributed by atoms with van der Waals surface area (Å²) in [5.41, 5.74) is 1.85. The summed E-state index contributed by atoms with van der Waals surface area (Å²) in [5.74, 6) is 0.912. The number of carbonyl (C=O) groups is 2. The molecule has 2 aromatic rings. The minimum absolute atomic E-state index is 0.0304. The van der Waals surface area contributed by atoms with Gasteiger partial charge in [0.15, 0.2) is 11.5 Å². The topological polar surface area (TPSA) is 97.3 Å². The number of rotatable bonds is 5. The fourth-order valence-corrected chi connectivity index (χ4v) is 8.08. The predicted octanol–water partition coefficient (Wildman–Crippen LogP) is 4.45. The number of hydrogen-bond donors (Lipinski definition) is 2. The lowest BCUT2D eigenvalue weighted by Crippen LogP contribution is -2.56.